The van der Waals surface area contributed by atoms with Crippen LogP contribution in [-0.2, 0) is 28.5 Å². The summed E-state index contributed by atoms with van der Waals surface area (Å²) >= 11 is 0. The number of hydrogen-bond donors (Lipinski definition) is 1. The maximum Gasteiger partial charge on any atom is 0.330 e. The molecule has 2 aliphatic rings. The number of nitrogens with zero attached hydrogens (tertiary/aromatic N) is 1. The first kappa shape index (κ1) is 26.5. The van der Waals surface area contributed by atoms with Crippen molar-refractivity contribution in [3.63, 3.8) is 0 Å². The molecule has 35 heavy (non-hydrogen) atoms. The van der Waals surface area contributed by atoms with E-state index in [4.69, 9.17) is 24.9 Å². The van der Waals surface area contributed by atoms with Gasteiger partial charge < -0.3 is 24.7 Å². The fraction of sp³-hybridized carbons (Fsp3) is 0.444. The van der Waals surface area contributed by atoms with Gasteiger partial charge in [-0.25, -0.2) is 4.79 Å². The summed E-state index contributed by atoms with van der Waals surface area (Å²) in [6.07, 6.45) is 1.68. The molecule has 0 aliphatic carbocycles. The molecule has 2 fully saturated rings. The second-order valence-electron chi connectivity index (χ2n) is 8.47. The molecule has 2 aromatic rings. The highest BCUT2D eigenvalue weighted by Gasteiger charge is 2.32. The zero-order valence-corrected chi connectivity index (χ0v) is 20.3. The minimum Gasteiger partial charge on any atom is -0.468 e. The van der Waals surface area contributed by atoms with Gasteiger partial charge in [-0.05, 0) is 12.8 Å². The lowest BCUT2D eigenvalue weighted by Crippen LogP contribution is -2.39. The summed E-state index contributed by atoms with van der Waals surface area (Å²) in [6, 6.07) is 18.8. The second kappa shape index (κ2) is 13.7. The molecule has 0 amide bonds. The molecule has 0 bridgehead atoms. The Kier molecular flexibility index (Phi) is 10.4. The van der Waals surface area contributed by atoms with Crippen molar-refractivity contribution in [3.05, 3.63) is 71.8 Å². The summed E-state index contributed by atoms with van der Waals surface area (Å²) in [5.74, 6) is -0.460. The predicted molar refractivity (Wildman–Crippen MR) is 132 cm³/mol. The topological polar surface area (TPSA) is 109 Å². The first-order valence-electron chi connectivity index (χ1n) is 11.8. The molecule has 0 saturated carbocycles. The molecule has 0 radical (unpaired) electrons. The molecular formula is C27H34N2O6. The molecule has 188 valence electrons. The van der Waals surface area contributed by atoms with Crippen LogP contribution in [0.1, 0.15) is 24.0 Å². The number of nitrogens with two attached hydrogens (primary N) is 1. The molecule has 2 aromatic carbocycles. The summed E-state index contributed by atoms with van der Waals surface area (Å²) in [5, 5.41) is 0. The van der Waals surface area contributed by atoms with Crippen LogP contribution >= 0.6 is 0 Å². The van der Waals surface area contributed by atoms with E-state index in [1.807, 2.05) is 60.7 Å². The number of carbonyl (C=O) groups is 2. The SMILES string of the molecule is COC(=O)C(N)C1CCOC1.COC(=O)C(N=C(c1ccccc1)c1ccccc1)C1CCOC1. The minimum absolute atomic E-state index is 0.0554. The van der Waals surface area contributed by atoms with Crippen molar-refractivity contribution in [2.75, 3.05) is 40.6 Å². The third-order valence-corrected chi connectivity index (χ3v) is 6.16. The number of methoxy groups -OCH3 is 2. The zero-order chi connectivity index (χ0) is 25.0. The molecular weight excluding hydrogens is 448 g/mol. The average Bonchev–Trinajstić information content (AvgIpc) is 3.64. The number of carbonyl (C=O) groups excluding carboxylic acids is 2. The Morgan fingerprint density at radius 2 is 1.31 bits per heavy atom. The molecule has 2 aliphatic heterocycles. The lowest BCUT2D eigenvalue weighted by Gasteiger charge is -2.18. The van der Waals surface area contributed by atoms with E-state index < -0.39 is 12.1 Å². The number of hydrogen-bond acceptors (Lipinski definition) is 8. The Morgan fingerprint density at radius 1 is 0.829 bits per heavy atom. The Bertz CT molecular complexity index is 913. The van der Waals surface area contributed by atoms with Gasteiger partial charge in [-0.3, -0.25) is 9.79 Å². The van der Waals surface area contributed by atoms with Gasteiger partial charge in [0.15, 0.2) is 6.04 Å². The standard InChI is InChI=1S/C20H21NO3.C7H13NO3/c1-23-20(22)19(17-12-13-24-14-17)21-18(15-8-4-2-5-9-15)16-10-6-3-7-11-16;1-10-7(9)6(8)5-2-3-11-4-5/h2-11,17,19H,12-14H2,1H3;5-6H,2-4,8H2,1H3. The average molecular weight is 483 g/mol. The number of benzene rings is 2. The summed E-state index contributed by atoms with van der Waals surface area (Å²) in [5.41, 5.74) is 8.35. The van der Waals surface area contributed by atoms with Crippen LogP contribution in [0.2, 0.25) is 0 Å². The smallest absolute Gasteiger partial charge is 0.330 e. The van der Waals surface area contributed by atoms with E-state index in [-0.39, 0.29) is 23.8 Å². The highest BCUT2D eigenvalue weighted by molar-refractivity contribution is 6.13. The Labute approximate surface area is 206 Å². The summed E-state index contributed by atoms with van der Waals surface area (Å²) in [6.45, 7) is 2.49. The third kappa shape index (κ3) is 7.45. The lowest BCUT2D eigenvalue weighted by atomic mass is 9.97. The zero-order valence-electron chi connectivity index (χ0n) is 20.3. The Hall–Kier alpha value is -3.07. The van der Waals surface area contributed by atoms with Crippen LogP contribution in [0.4, 0.5) is 0 Å². The molecule has 2 heterocycles. The maximum absolute atomic E-state index is 12.3. The molecule has 8 heteroatoms. The highest BCUT2D eigenvalue weighted by Crippen LogP contribution is 2.23. The van der Waals surface area contributed by atoms with Crippen LogP contribution in [0.15, 0.2) is 65.7 Å². The Balaban J connectivity index is 0.000000261. The molecule has 4 rings (SSSR count). The van der Waals surface area contributed by atoms with Crippen molar-refractivity contribution in [2.45, 2.75) is 24.9 Å². The van der Waals surface area contributed by atoms with Crippen molar-refractivity contribution >= 4 is 17.7 Å². The highest BCUT2D eigenvalue weighted by atomic mass is 16.5. The monoisotopic (exact) mass is 482 g/mol. The predicted octanol–water partition coefficient (Wildman–Crippen LogP) is 2.63. The molecule has 0 spiro atoms. The minimum atomic E-state index is -0.548. The van der Waals surface area contributed by atoms with Gasteiger partial charge in [0.25, 0.3) is 0 Å². The summed E-state index contributed by atoms with van der Waals surface area (Å²) in [7, 11) is 2.75. The van der Waals surface area contributed by atoms with E-state index >= 15 is 0 Å². The first-order chi connectivity index (χ1) is 17.0. The second-order valence-corrected chi connectivity index (χ2v) is 8.47. The van der Waals surface area contributed by atoms with Gasteiger partial charge >= 0.3 is 11.9 Å². The molecule has 2 saturated heterocycles. The van der Waals surface area contributed by atoms with Crippen molar-refractivity contribution in [3.8, 4) is 0 Å². The number of rotatable bonds is 7. The van der Waals surface area contributed by atoms with Gasteiger partial charge in [0.1, 0.15) is 6.04 Å². The number of ether oxygens (including phenoxy) is 4. The van der Waals surface area contributed by atoms with Crippen molar-refractivity contribution in [2.24, 2.45) is 22.6 Å². The quantitative estimate of drug-likeness (QED) is 0.477. The van der Waals surface area contributed by atoms with Crippen molar-refractivity contribution in [1.82, 2.24) is 0 Å². The van der Waals surface area contributed by atoms with Gasteiger partial charge in [0.2, 0.25) is 0 Å². The van der Waals surface area contributed by atoms with Gasteiger partial charge in [-0.1, -0.05) is 60.7 Å². The maximum atomic E-state index is 12.3. The van der Waals surface area contributed by atoms with Crippen LogP contribution in [0.3, 0.4) is 0 Å². The molecule has 2 N–H and O–H groups in total. The number of aliphatic imine (C=N–C) groups is 1. The van der Waals surface area contributed by atoms with Crippen LogP contribution in [0.5, 0.6) is 0 Å². The van der Waals surface area contributed by atoms with E-state index in [2.05, 4.69) is 4.74 Å². The number of esters is 2. The van der Waals surface area contributed by atoms with E-state index in [9.17, 15) is 9.59 Å². The normalized spacial score (nSPS) is 20.7. The van der Waals surface area contributed by atoms with Crippen LogP contribution < -0.4 is 5.73 Å². The van der Waals surface area contributed by atoms with Gasteiger partial charge in [-0.15, -0.1) is 0 Å². The lowest BCUT2D eigenvalue weighted by molar-refractivity contribution is -0.144. The fourth-order valence-corrected chi connectivity index (χ4v) is 4.08. The summed E-state index contributed by atoms with van der Waals surface area (Å²) in [4.78, 5) is 28.0. The van der Waals surface area contributed by atoms with E-state index in [1.165, 1.54) is 14.2 Å². The van der Waals surface area contributed by atoms with E-state index in [0.29, 0.717) is 26.4 Å². The molecule has 8 nitrogen and oxygen atoms in total. The van der Waals surface area contributed by atoms with Crippen LogP contribution in [0.25, 0.3) is 0 Å². The van der Waals surface area contributed by atoms with Crippen molar-refractivity contribution in [1.29, 1.82) is 0 Å². The van der Waals surface area contributed by atoms with Crippen LogP contribution in [-0.4, -0.2) is 70.4 Å². The largest absolute Gasteiger partial charge is 0.468 e. The van der Waals surface area contributed by atoms with Gasteiger partial charge in [0, 0.05) is 36.2 Å². The van der Waals surface area contributed by atoms with Crippen molar-refractivity contribution < 1.29 is 28.5 Å². The molecule has 4 unspecified atom stereocenters. The first-order valence-corrected chi connectivity index (χ1v) is 11.8. The summed E-state index contributed by atoms with van der Waals surface area (Å²) < 4.78 is 20.0. The van der Waals surface area contributed by atoms with Crippen LogP contribution in [0, 0.1) is 11.8 Å². The van der Waals surface area contributed by atoms with E-state index in [0.717, 1.165) is 29.7 Å². The van der Waals surface area contributed by atoms with Gasteiger partial charge in [-0.2, -0.15) is 0 Å². The molecule has 4 atom stereocenters. The fourth-order valence-electron chi connectivity index (χ4n) is 4.08. The molecule has 0 aromatic heterocycles. The third-order valence-electron chi connectivity index (χ3n) is 6.16. The van der Waals surface area contributed by atoms with E-state index in [1.54, 1.807) is 0 Å². The van der Waals surface area contributed by atoms with Gasteiger partial charge in [0.05, 0.1) is 33.1 Å². The Morgan fingerprint density at radius 3 is 1.74 bits per heavy atom.